The minimum Gasteiger partial charge on any atom is -0.351 e. The van der Waals surface area contributed by atoms with E-state index in [2.05, 4.69) is 39.1 Å². The van der Waals surface area contributed by atoms with Crippen LogP contribution in [0.4, 0.5) is 0 Å². The molecule has 0 saturated heterocycles. The predicted octanol–water partition coefficient (Wildman–Crippen LogP) is 2.87. The molecule has 1 amide bonds. The number of nitrogens with one attached hydrogen (secondary N) is 1. The van der Waals surface area contributed by atoms with Crippen LogP contribution in [0.15, 0.2) is 0 Å². The number of amides is 1. The van der Waals surface area contributed by atoms with Crippen LogP contribution in [0.1, 0.15) is 54.4 Å². The van der Waals surface area contributed by atoms with Gasteiger partial charge in [-0.3, -0.25) is 4.79 Å². The molecule has 1 N–H and O–H groups in total. The summed E-state index contributed by atoms with van der Waals surface area (Å²) in [4.78, 5) is 12.3. The molecule has 0 aliphatic heterocycles. The third-order valence-corrected chi connectivity index (χ3v) is 5.15. The molecule has 0 aromatic carbocycles. The lowest BCUT2D eigenvalue weighted by Gasteiger charge is -2.23. The molecule has 0 atom stereocenters. The average molecular weight is 236 g/mol. The molecule has 0 heterocycles. The van der Waals surface area contributed by atoms with Gasteiger partial charge in [0.15, 0.2) is 0 Å². The second-order valence-corrected chi connectivity index (χ2v) is 6.25. The highest BCUT2D eigenvalue weighted by Crippen LogP contribution is 2.62. The highest BCUT2D eigenvalue weighted by atomic mass is 16.2. The Kier molecular flexibility index (Phi) is 3.31. The van der Waals surface area contributed by atoms with E-state index in [0.717, 1.165) is 0 Å². The van der Waals surface area contributed by atoms with Crippen molar-refractivity contribution in [1.82, 2.24) is 5.32 Å². The number of rotatable bonds is 4. The summed E-state index contributed by atoms with van der Waals surface area (Å²) in [5.74, 6) is -0.103. The van der Waals surface area contributed by atoms with E-state index >= 15 is 0 Å². The Labute approximate surface area is 105 Å². The summed E-state index contributed by atoms with van der Waals surface area (Å²) >= 11 is 0. The SMILES string of the molecule is CCC(C#N)(CC)C(=O)NC1C(C)(C)C1(C)C. The summed E-state index contributed by atoms with van der Waals surface area (Å²) in [5.41, 5.74) is -0.620. The molecule has 0 unspecified atom stereocenters. The molecular weight excluding hydrogens is 212 g/mol. The minimum atomic E-state index is -0.852. The summed E-state index contributed by atoms with van der Waals surface area (Å²) in [6.07, 6.45) is 1.14. The fourth-order valence-corrected chi connectivity index (χ4v) is 2.61. The van der Waals surface area contributed by atoms with Gasteiger partial charge in [-0.2, -0.15) is 5.26 Å². The maximum Gasteiger partial charge on any atom is 0.240 e. The molecule has 0 spiro atoms. The lowest BCUT2D eigenvalue weighted by atomic mass is 9.83. The van der Waals surface area contributed by atoms with E-state index < -0.39 is 5.41 Å². The van der Waals surface area contributed by atoms with Crippen LogP contribution >= 0.6 is 0 Å². The first kappa shape index (κ1) is 14.0. The predicted molar refractivity (Wildman–Crippen MR) is 68.1 cm³/mol. The van der Waals surface area contributed by atoms with E-state index in [1.165, 1.54) is 0 Å². The highest BCUT2D eigenvalue weighted by Gasteiger charge is 2.66. The van der Waals surface area contributed by atoms with Gasteiger partial charge in [-0.25, -0.2) is 0 Å². The zero-order valence-electron chi connectivity index (χ0n) is 11.8. The first-order chi connectivity index (χ1) is 7.69. The molecule has 1 aliphatic rings. The molecule has 1 rings (SSSR count). The van der Waals surface area contributed by atoms with Crippen molar-refractivity contribution in [2.45, 2.75) is 60.4 Å². The van der Waals surface area contributed by atoms with Crippen LogP contribution in [0.3, 0.4) is 0 Å². The van der Waals surface area contributed by atoms with Gasteiger partial charge in [0.25, 0.3) is 0 Å². The number of hydrogen-bond donors (Lipinski definition) is 1. The fraction of sp³-hybridized carbons (Fsp3) is 0.857. The van der Waals surface area contributed by atoms with Crippen molar-refractivity contribution in [1.29, 1.82) is 5.26 Å². The van der Waals surface area contributed by atoms with Crippen molar-refractivity contribution >= 4 is 5.91 Å². The van der Waals surface area contributed by atoms with Crippen LogP contribution in [0, 0.1) is 27.6 Å². The summed E-state index contributed by atoms with van der Waals surface area (Å²) < 4.78 is 0. The molecule has 3 heteroatoms. The molecule has 0 aromatic heterocycles. The standard InChI is InChI=1S/C14H24N2O/c1-7-14(8-2,9-15)11(17)16-10-12(3,4)13(10,5)6/h10H,7-8H2,1-6H3,(H,16,17). The topological polar surface area (TPSA) is 52.9 Å². The number of carbonyl (C=O) groups excluding carboxylic acids is 1. The zero-order valence-corrected chi connectivity index (χ0v) is 11.8. The van der Waals surface area contributed by atoms with E-state index in [9.17, 15) is 10.1 Å². The van der Waals surface area contributed by atoms with Crippen molar-refractivity contribution in [3.05, 3.63) is 0 Å². The zero-order chi connectivity index (χ0) is 13.5. The summed E-state index contributed by atoms with van der Waals surface area (Å²) in [5, 5.41) is 12.3. The largest absolute Gasteiger partial charge is 0.351 e. The lowest BCUT2D eigenvalue weighted by Crippen LogP contribution is -2.42. The van der Waals surface area contributed by atoms with Gasteiger partial charge < -0.3 is 5.32 Å². The summed E-state index contributed by atoms with van der Waals surface area (Å²) in [6, 6.07) is 2.36. The van der Waals surface area contributed by atoms with Crippen LogP contribution in [0.2, 0.25) is 0 Å². The molecule has 0 aromatic rings. The van der Waals surface area contributed by atoms with Gasteiger partial charge in [0.2, 0.25) is 5.91 Å². The third kappa shape index (κ3) is 1.84. The molecular formula is C14H24N2O. The van der Waals surface area contributed by atoms with E-state index in [0.29, 0.717) is 12.8 Å². The Hall–Kier alpha value is -1.04. The van der Waals surface area contributed by atoms with Crippen LogP contribution in [-0.4, -0.2) is 11.9 Å². The molecule has 0 radical (unpaired) electrons. The van der Waals surface area contributed by atoms with E-state index in [1.54, 1.807) is 0 Å². The minimum absolute atomic E-state index is 0.103. The number of hydrogen-bond acceptors (Lipinski definition) is 2. The number of carbonyl (C=O) groups is 1. The van der Waals surface area contributed by atoms with Gasteiger partial charge in [-0.15, -0.1) is 0 Å². The first-order valence-electron chi connectivity index (χ1n) is 6.42. The van der Waals surface area contributed by atoms with Gasteiger partial charge in [-0.1, -0.05) is 41.5 Å². The second-order valence-electron chi connectivity index (χ2n) is 6.25. The van der Waals surface area contributed by atoms with Gasteiger partial charge >= 0.3 is 0 Å². The Morgan fingerprint density at radius 1 is 1.24 bits per heavy atom. The quantitative estimate of drug-likeness (QED) is 0.816. The Morgan fingerprint density at radius 2 is 1.65 bits per heavy atom. The van der Waals surface area contributed by atoms with Gasteiger partial charge in [-0.05, 0) is 23.7 Å². The maximum atomic E-state index is 12.3. The van der Waals surface area contributed by atoms with Gasteiger partial charge in [0.1, 0.15) is 5.41 Å². The lowest BCUT2D eigenvalue weighted by molar-refractivity contribution is -0.129. The van der Waals surface area contributed by atoms with Crippen molar-refractivity contribution < 1.29 is 4.79 Å². The van der Waals surface area contributed by atoms with Crippen LogP contribution in [0.5, 0.6) is 0 Å². The van der Waals surface area contributed by atoms with Crippen molar-refractivity contribution in [3.8, 4) is 6.07 Å². The van der Waals surface area contributed by atoms with E-state index in [1.807, 2.05) is 13.8 Å². The summed E-state index contributed by atoms with van der Waals surface area (Å²) in [7, 11) is 0. The highest BCUT2D eigenvalue weighted by molar-refractivity contribution is 5.86. The Bertz CT molecular complexity index is 345. The van der Waals surface area contributed by atoms with Crippen molar-refractivity contribution in [2.24, 2.45) is 16.2 Å². The molecule has 3 nitrogen and oxygen atoms in total. The normalized spacial score (nSPS) is 21.7. The fourth-order valence-electron chi connectivity index (χ4n) is 2.61. The smallest absolute Gasteiger partial charge is 0.240 e. The van der Waals surface area contributed by atoms with Crippen LogP contribution < -0.4 is 5.32 Å². The average Bonchev–Trinajstić information content (AvgIpc) is 2.64. The van der Waals surface area contributed by atoms with Crippen LogP contribution in [0.25, 0.3) is 0 Å². The second kappa shape index (κ2) is 4.01. The van der Waals surface area contributed by atoms with Crippen LogP contribution in [-0.2, 0) is 4.79 Å². The molecule has 17 heavy (non-hydrogen) atoms. The molecule has 1 aliphatic carbocycles. The van der Waals surface area contributed by atoms with E-state index in [4.69, 9.17) is 0 Å². The molecule has 0 bridgehead atoms. The molecule has 1 saturated carbocycles. The Balaban J connectivity index is 2.79. The van der Waals surface area contributed by atoms with Crippen molar-refractivity contribution in [2.75, 3.05) is 0 Å². The van der Waals surface area contributed by atoms with E-state index in [-0.39, 0.29) is 22.8 Å². The number of nitriles is 1. The van der Waals surface area contributed by atoms with Gasteiger partial charge in [0.05, 0.1) is 6.07 Å². The first-order valence-corrected chi connectivity index (χ1v) is 6.42. The summed E-state index contributed by atoms with van der Waals surface area (Å²) in [6.45, 7) is 12.4. The van der Waals surface area contributed by atoms with Gasteiger partial charge in [0, 0.05) is 6.04 Å². The monoisotopic (exact) mass is 236 g/mol. The number of nitrogens with zero attached hydrogens (tertiary/aromatic N) is 1. The third-order valence-electron chi connectivity index (χ3n) is 5.15. The molecule has 96 valence electrons. The van der Waals surface area contributed by atoms with Crippen molar-refractivity contribution in [3.63, 3.8) is 0 Å². The maximum absolute atomic E-state index is 12.3. The Morgan fingerprint density at radius 3 is 1.88 bits per heavy atom. The molecule has 1 fully saturated rings.